The maximum absolute atomic E-state index is 10.1. The molecule has 0 saturated heterocycles. The van der Waals surface area contributed by atoms with Gasteiger partial charge in [0.15, 0.2) is 0 Å². The Balaban J connectivity index is 1.73. The highest BCUT2D eigenvalue weighted by molar-refractivity contribution is 6.33. The minimum atomic E-state index is -0.516. The summed E-state index contributed by atoms with van der Waals surface area (Å²) in [4.78, 5) is 0. The Labute approximate surface area is 132 Å². The first-order valence-electron chi connectivity index (χ1n) is 7.85. The Kier molecular flexibility index (Phi) is 6.34. The van der Waals surface area contributed by atoms with Gasteiger partial charge in [-0.05, 0) is 37.3 Å². The number of hydrogen-bond donors (Lipinski definition) is 2. The molecule has 4 heteroatoms. The lowest BCUT2D eigenvalue weighted by molar-refractivity contribution is -0.0274. The second-order valence-electron chi connectivity index (χ2n) is 6.19. The van der Waals surface area contributed by atoms with Gasteiger partial charge in [0.25, 0.3) is 0 Å². The van der Waals surface area contributed by atoms with Gasteiger partial charge in [-0.2, -0.15) is 0 Å². The van der Waals surface area contributed by atoms with Crippen LogP contribution in [0.1, 0.15) is 38.2 Å². The third kappa shape index (κ3) is 5.17. The van der Waals surface area contributed by atoms with Gasteiger partial charge < -0.3 is 15.2 Å². The van der Waals surface area contributed by atoms with Crippen molar-refractivity contribution in [3.05, 3.63) is 28.8 Å². The van der Waals surface area contributed by atoms with Crippen LogP contribution in [0.4, 0.5) is 5.69 Å². The highest BCUT2D eigenvalue weighted by atomic mass is 35.5. The van der Waals surface area contributed by atoms with E-state index in [0.29, 0.717) is 24.3 Å². The van der Waals surface area contributed by atoms with E-state index < -0.39 is 6.10 Å². The third-order valence-corrected chi connectivity index (χ3v) is 4.46. The quantitative estimate of drug-likeness (QED) is 0.834. The van der Waals surface area contributed by atoms with Gasteiger partial charge in [0.1, 0.15) is 0 Å². The third-order valence-electron chi connectivity index (χ3n) is 4.15. The van der Waals surface area contributed by atoms with E-state index >= 15 is 0 Å². The smallest absolute Gasteiger partial charge is 0.0945 e. The van der Waals surface area contributed by atoms with Crippen molar-refractivity contribution >= 4 is 17.3 Å². The topological polar surface area (TPSA) is 41.5 Å². The van der Waals surface area contributed by atoms with Gasteiger partial charge in [0.05, 0.1) is 29.5 Å². The largest absolute Gasteiger partial charge is 0.389 e. The van der Waals surface area contributed by atoms with Crippen LogP contribution in [-0.2, 0) is 4.74 Å². The molecule has 3 unspecified atom stereocenters. The fourth-order valence-electron chi connectivity index (χ4n) is 2.91. The molecule has 1 aromatic rings. The zero-order chi connectivity index (χ0) is 15.2. The molecule has 0 amide bonds. The number of benzene rings is 1. The number of aliphatic hydroxyl groups excluding tert-OH is 1. The summed E-state index contributed by atoms with van der Waals surface area (Å²) in [6.07, 6.45) is 4.57. The van der Waals surface area contributed by atoms with Crippen molar-refractivity contribution in [1.29, 1.82) is 0 Å². The molecule has 0 spiro atoms. The number of para-hydroxylation sites is 1. The van der Waals surface area contributed by atoms with Crippen LogP contribution in [0.15, 0.2) is 18.2 Å². The predicted molar refractivity (Wildman–Crippen MR) is 88.1 cm³/mol. The molecule has 3 atom stereocenters. The van der Waals surface area contributed by atoms with E-state index in [1.54, 1.807) is 0 Å². The summed E-state index contributed by atoms with van der Waals surface area (Å²) < 4.78 is 5.84. The standard InChI is InChI=1S/C17H26ClNO2/c1-12-5-3-7-15(9-12)21-11-14(20)10-19-17-13(2)6-4-8-16(17)18/h4,6,8,12,14-15,19-20H,3,5,7,9-11H2,1-2H3. The summed E-state index contributed by atoms with van der Waals surface area (Å²) in [7, 11) is 0. The average Bonchev–Trinajstić information content (AvgIpc) is 2.45. The molecule has 1 aliphatic rings. The molecule has 1 aromatic carbocycles. The number of hydrogen-bond acceptors (Lipinski definition) is 3. The molecule has 1 aliphatic carbocycles. The summed E-state index contributed by atoms with van der Waals surface area (Å²) in [5.74, 6) is 0.741. The lowest BCUT2D eigenvalue weighted by Crippen LogP contribution is -2.30. The minimum Gasteiger partial charge on any atom is -0.389 e. The fourth-order valence-corrected chi connectivity index (χ4v) is 3.20. The molecular formula is C17H26ClNO2. The number of anilines is 1. The van der Waals surface area contributed by atoms with Crippen LogP contribution < -0.4 is 5.32 Å². The van der Waals surface area contributed by atoms with Crippen molar-refractivity contribution in [2.24, 2.45) is 5.92 Å². The SMILES string of the molecule is Cc1cccc(Cl)c1NCC(O)COC1CCCC(C)C1. The molecule has 1 fully saturated rings. The van der Waals surface area contributed by atoms with E-state index in [0.717, 1.165) is 30.0 Å². The van der Waals surface area contributed by atoms with E-state index in [4.69, 9.17) is 16.3 Å². The summed E-state index contributed by atoms with van der Waals surface area (Å²) in [6.45, 7) is 5.11. The molecular weight excluding hydrogens is 286 g/mol. The number of aryl methyl sites for hydroxylation is 1. The molecule has 1 saturated carbocycles. The molecule has 0 radical (unpaired) electrons. The predicted octanol–water partition coefficient (Wildman–Crippen LogP) is 4.02. The van der Waals surface area contributed by atoms with Crippen LogP contribution in [0, 0.1) is 12.8 Å². The first-order chi connectivity index (χ1) is 10.1. The van der Waals surface area contributed by atoms with Gasteiger partial charge in [0.2, 0.25) is 0 Å². The van der Waals surface area contributed by atoms with E-state index in [1.165, 1.54) is 12.8 Å². The highest BCUT2D eigenvalue weighted by Gasteiger charge is 2.20. The maximum Gasteiger partial charge on any atom is 0.0945 e. The number of ether oxygens (including phenoxy) is 1. The second-order valence-corrected chi connectivity index (χ2v) is 6.60. The van der Waals surface area contributed by atoms with E-state index in [1.807, 2.05) is 25.1 Å². The Bertz CT molecular complexity index is 432. The molecule has 0 heterocycles. The molecule has 2 rings (SSSR count). The summed E-state index contributed by atoms with van der Waals surface area (Å²) >= 11 is 6.15. The Hall–Kier alpha value is -0.770. The number of halogens is 1. The lowest BCUT2D eigenvalue weighted by atomic mass is 9.89. The minimum absolute atomic E-state index is 0.311. The van der Waals surface area contributed by atoms with Gasteiger partial charge in [-0.1, -0.05) is 43.5 Å². The van der Waals surface area contributed by atoms with Crippen LogP contribution in [0.25, 0.3) is 0 Å². The van der Waals surface area contributed by atoms with Crippen LogP contribution >= 0.6 is 11.6 Å². The van der Waals surface area contributed by atoms with E-state index in [-0.39, 0.29) is 0 Å². The Morgan fingerprint density at radius 2 is 2.24 bits per heavy atom. The van der Waals surface area contributed by atoms with Gasteiger partial charge in [-0.25, -0.2) is 0 Å². The van der Waals surface area contributed by atoms with E-state index in [2.05, 4.69) is 12.2 Å². The van der Waals surface area contributed by atoms with Crippen LogP contribution in [0.3, 0.4) is 0 Å². The molecule has 21 heavy (non-hydrogen) atoms. The number of nitrogens with one attached hydrogen (secondary N) is 1. The molecule has 3 nitrogen and oxygen atoms in total. The van der Waals surface area contributed by atoms with Gasteiger partial charge >= 0.3 is 0 Å². The van der Waals surface area contributed by atoms with Gasteiger partial charge in [0, 0.05) is 6.54 Å². The molecule has 0 bridgehead atoms. The summed E-state index contributed by atoms with van der Waals surface area (Å²) in [5.41, 5.74) is 1.97. The Morgan fingerprint density at radius 3 is 2.95 bits per heavy atom. The van der Waals surface area contributed by atoms with Crippen molar-refractivity contribution in [1.82, 2.24) is 0 Å². The zero-order valence-corrected chi connectivity index (χ0v) is 13.7. The zero-order valence-electron chi connectivity index (χ0n) is 12.9. The van der Waals surface area contributed by atoms with Gasteiger partial charge in [-0.15, -0.1) is 0 Å². The normalized spacial score (nSPS) is 23.8. The van der Waals surface area contributed by atoms with Crippen LogP contribution in [-0.4, -0.2) is 30.5 Å². The highest BCUT2D eigenvalue weighted by Crippen LogP contribution is 2.26. The average molecular weight is 312 g/mol. The first-order valence-corrected chi connectivity index (χ1v) is 8.22. The summed E-state index contributed by atoms with van der Waals surface area (Å²) in [5, 5.41) is 14.0. The maximum atomic E-state index is 10.1. The van der Waals surface area contributed by atoms with Crippen molar-refractivity contribution in [3.8, 4) is 0 Å². The van der Waals surface area contributed by atoms with Crippen molar-refractivity contribution in [2.75, 3.05) is 18.5 Å². The number of aliphatic hydroxyl groups is 1. The molecule has 0 aromatic heterocycles. The van der Waals surface area contributed by atoms with Gasteiger partial charge in [-0.3, -0.25) is 0 Å². The molecule has 118 valence electrons. The van der Waals surface area contributed by atoms with Crippen molar-refractivity contribution < 1.29 is 9.84 Å². The monoisotopic (exact) mass is 311 g/mol. The van der Waals surface area contributed by atoms with Crippen LogP contribution in [0.2, 0.25) is 5.02 Å². The lowest BCUT2D eigenvalue weighted by Gasteiger charge is -2.27. The molecule has 2 N–H and O–H groups in total. The van der Waals surface area contributed by atoms with E-state index in [9.17, 15) is 5.11 Å². The molecule has 0 aliphatic heterocycles. The first kappa shape index (κ1) is 16.6. The Morgan fingerprint density at radius 1 is 1.43 bits per heavy atom. The van der Waals surface area contributed by atoms with Crippen LogP contribution in [0.5, 0.6) is 0 Å². The number of rotatable bonds is 6. The summed E-state index contributed by atoms with van der Waals surface area (Å²) in [6, 6.07) is 5.77. The second kappa shape index (κ2) is 8.02. The van der Waals surface area contributed by atoms with Crippen molar-refractivity contribution in [3.63, 3.8) is 0 Å². The fraction of sp³-hybridized carbons (Fsp3) is 0.647. The van der Waals surface area contributed by atoms with Crippen molar-refractivity contribution in [2.45, 2.75) is 51.7 Å².